The number of nitrogens with one attached hydrogen (secondary N) is 1. The third-order valence-electron chi connectivity index (χ3n) is 2.70. The van der Waals surface area contributed by atoms with Crippen LogP contribution in [0.1, 0.15) is 10.6 Å². The third kappa shape index (κ3) is 2.55. The second-order valence-electron chi connectivity index (χ2n) is 4.10. The predicted octanol–water partition coefficient (Wildman–Crippen LogP) is 4.50. The summed E-state index contributed by atoms with van der Waals surface area (Å²) in [5, 5.41) is 3.93. The summed E-state index contributed by atoms with van der Waals surface area (Å²) >= 11 is 9.05. The van der Waals surface area contributed by atoms with E-state index in [1.54, 1.807) is 12.1 Å². The Morgan fingerprint density at radius 3 is 2.85 bits per heavy atom. The van der Waals surface area contributed by atoms with Gasteiger partial charge in [0.1, 0.15) is 10.7 Å². The number of halogens is 2. The molecule has 0 aliphatic carbocycles. The maximum atomic E-state index is 12.1. The Labute approximate surface area is 127 Å². The van der Waals surface area contributed by atoms with Gasteiger partial charge in [-0.25, -0.2) is 4.98 Å². The van der Waals surface area contributed by atoms with Crippen molar-refractivity contribution in [2.24, 2.45) is 0 Å². The van der Waals surface area contributed by atoms with Crippen molar-refractivity contribution in [3.8, 4) is 0 Å². The fraction of sp³-hybridized carbons (Fsp3) is 0. The average molecular weight is 352 g/mol. The minimum absolute atomic E-state index is 0.247. The van der Waals surface area contributed by atoms with Gasteiger partial charge in [0.15, 0.2) is 5.76 Å². The van der Waals surface area contributed by atoms with Crippen molar-refractivity contribution in [2.75, 3.05) is 5.32 Å². The van der Waals surface area contributed by atoms with Crippen LogP contribution < -0.4 is 5.32 Å². The fourth-order valence-corrected chi connectivity index (χ4v) is 2.23. The quantitative estimate of drug-likeness (QED) is 0.692. The number of carbonyl (C=O) groups excluding carboxylic acids is 1. The highest BCUT2D eigenvalue weighted by molar-refractivity contribution is 9.10. The molecule has 0 atom stereocenters. The summed E-state index contributed by atoms with van der Waals surface area (Å²) in [6, 6.07) is 10.8. The summed E-state index contributed by atoms with van der Waals surface area (Å²) in [4.78, 5) is 16.0. The van der Waals surface area contributed by atoms with Gasteiger partial charge >= 0.3 is 0 Å². The molecule has 0 saturated carbocycles. The number of benzene rings is 1. The Kier molecular flexibility index (Phi) is 3.46. The van der Waals surface area contributed by atoms with E-state index in [0.717, 1.165) is 5.39 Å². The Bertz CT molecular complexity index is 768. The molecule has 0 saturated heterocycles. The lowest BCUT2D eigenvalue weighted by Gasteiger charge is -2.03. The maximum absolute atomic E-state index is 12.1. The zero-order valence-electron chi connectivity index (χ0n) is 10.1. The summed E-state index contributed by atoms with van der Waals surface area (Å²) in [5.74, 6) is -0.0884. The summed E-state index contributed by atoms with van der Waals surface area (Å²) in [6.45, 7) is 0. The van der Waals surface area contributed by atoms with Crippen LogP contribution in [0.2, 0.25) is 5.15 Å². The highest BCUT2D eigenvalue weighted by atomic mass is 79.9. The third-order valence-corrected chi connectivity index (χ3v) is 3.84. The molecule has 2 heterocycles. The van der Waals surface area contributed by atoms with Crippen LogP contribution in [-0.2, 0) is 0 Å². The Morgan fingerprint density at radius 1 is 1.30 bits per heavy atom. The van der Waals surface area contributed by atoms with Gasteiger partial charge in [-0.1, -0.05) is 29.8 Å². The van der Waals surface area contributed by atoms with Gasteiger partial charge in [-0.3, -0.25) is 4.79 Å². The molecule has 100 valence electrons. The first-order valence-electron chi connectivity index (χ1n) is 5.74. The molecule has 0 unspecified atom stereocenters. The highest BCUT2D eigenvalue weighted by Crippen LogP contribution is 2.24. The van der Waals surface area contributed by atoms with Crippen LogP contribution in [0.15, 0.2) is 51.5 Å². The van der Waals surface area contributed by atoms with E-state index in [2.05, 4.69) is 26.2 Å². The first-order chi connectivity index (χ1) is 9.63. The molecule has 3 aromatic rings. The van der Waals surface area contributed by atoms with Crippen LogP contribution in [-0.4, -0.2) is 10.9 Å². The molecule has 6 heteroatoms. The van der Waals surface area contributed by atoms with Crippen LogP contribution >= 0.6 is 27.5 Å². The number of furan rings is 1. The molecule has 3 rings (SSSR count). The van der Waals surface area contributed by atoms with Crippen molar-refractivity contribution >= 4 is 50.1 Å². The van der Waals surface area contributed by atoms with Crippen LogP contribution in [0.5, 0.6) is 0 Å². The molecular weight excluding hydrogens is 344 g/mol. The SMILES string of the molecule is O=C(Nc1cnc(Cl)c(Br)c1)c1cc2ccccc2o1. The van der Waals surface area contributed by atoms with E-state index in [-0.39, 0.29) is 11.7 Å². The van der Waals surface area contributed by atoms with Crippen molar-refractivity contribution in [2.45, 2.75) is 0 Å². The van der Waals surface area contributed by atoms with Crippen molar-refractivity contribution < 1.29 is 9.21 Å². The number of para-hydroxylation sites is 1. The molecule has 2 aromatic heterocycles. The highest BCUT2D eigenvalue weighted by Gasteiger charge is 2.13. The molecular formula is C14H8BrClN2O2. The second-order valence-corrected chi connectivity index (χ2v) is 5.31. The van der Waals surface area contributed by atoms with Crippen LogP contribution in [0, 0.1) is 0 Å². The minimum atomic E-state index is -0.336. The van der Waals surface area contributed by atoms with Gasteiger partial charge in [-0.15, -0.1) is 0 Å². The summed E-state index contributed by atoms with van der Waals surface area (Å²) in [7, 11) is 0. The van der Waals surface area contributed by atoms with Gasteiger partial charge < -0.3 is 9.73 Å². The minimum Gasteiger partial charge on any atom is -0.451 e. The van der Waals surface area contributed by atoms with Gasteiger partial charge in [-0.2, -0.15) is 0 Å². The lowest BCUT2D eigenvalue weighted by atomic mass is 10.2. The molecule has 0 radical (unpaired) electrons. The molecule has 20 heavy (non-hydrogen) atoms. The molecule has 0 aliphatic rings. The first kappa shape index (κ1) is 13.1. The van der Waals surface area contributed by atoms with Crippen LogP contribution in [0.4, 0.5) is 5.69 Å². The molecule has 0 aliphatic heterocycles. The monoisotopic (exact) mass is 350 g/mol. The number of aromatic nitrogens is 1. The van der Waals surface area contributed by atoms with E-state index < -0.39 is 0 Å². The topological polar surface area (TPSA) is 55.1 Å². The van der Waals surface area contributed by atoms with Crippen molar-refractivity contribution in [3.63, 3.8) is 0 Å². The number of amides is 1. The normalized spacial score (nSPS) is 10.7. The number of hydrogen-bond acceptors (Lipinski definition) is 3. The van der Waals surface area contributed by atoms with Crippen LogP contribution in [0.25, 0.3) is 11.0 Å². The second kappa shape index (κ2) is 5.26. The fourth-order valence-electron chi connectivity index (χ4n) is 1.78. The smallest absolute Gasteiger partial charge is 0.291 e. The largest absolute Gasteiger partial charge is 0.451 e. The van der Waals surface area contributed by atoms with E-state index in [1.807, 2.05) is 24.3 Å². The number of nitrogens with zero attached hydrogens (tertiary/aromatic N) is 1. The first-order valence-corrected chi connectivity index (χ1v) is 6.91. The zero-order valence-corrected chi connectivity index (χ0v) is 12.4. The number of carbonyl (C=O) groups is 1. The van der Waals surface area contributed by atoms with E-state index in [0.29, 0.717) is 20.9 Å². The summed E-state index contributed by atoms with van der Waals surface area (Å²) in [5.41, 5.74) is 1.21. The predicted molar refractivity (Wildman–Crippen MR) is 81.1 cm³/mol. The van der Waals surface area contributed by atoms with E-state index in [9.17, 15) is 4.79 Å². The van der Waals surface area contributed by atoms with Gasteiger partial charge in [0.25, 0.3) is 5.91 Å². The summed E-state index contributed by atoms with van der Waals surface area (Å²) < 4.78 is 6.10. The number of hydrogen-bond donors (Lipinski definition) is 1. The molecule has 4 nitrogen and oxygen atoms in total. The lowest BCUT2D eigenvalue weighted by Crippen LogP contribution is -2.11. The Hall–Kier alpha value is -1.85. The molecule has 1 N–H and O–H groups in total. The Balaban J connectivity index is 1.86. The van der Waals surface area contributed by atoms with Crippen molar-refractivity contribution in [1.82, 2.24) is 4.98 Å². The van der Waals surface area contributed by atoms with Crippen molar-refractivity contribution in [3.05, 3.63) is 58.0 Å². The van der Waals surface area contributed by atoms with E-state index in [4.69, 9.17) is 16.0 Å². The number of anilines is 1. The maximum Gasteiger partial charge on any atom is 0.291 e. The average Bonchev–Trinajstić information content (AvgIpc) is 2.87. The standard InChI is InChI=1S/C14H8BrClN2O2/c15-10-6-9(7-17-13(10)16)18-14(19)12-5-8-3-1-2-4-11(8)20-12/h1-7H,(H,18,19). The number of rotatable bonds is 2. The van der Waals surface area contributed by atoms with E-state index >= 15 is 0 Å². The number of pyridine rings is 1. The van der Waals surface area contributed by atoms with Crippen molar-refractivity contribution in [1.29, 1.82) is 0 Å². The van der Waals surface area contributed by atoms with Gasteiger partial charge in [0, 0.05) is 5.39 Å². The van der Waals surface area contributed by atoms with Crippen LogP contribution in [0.3, 0.4) is 0 Å². The Morgan fingerprint density at radius 2 is 2.10 bits per heavy atom. The zero-order chi connectivity index (χ0) is 14.1. The summed E-state index contributed by atoms with van der Waals surface area (Å²) in [6.07, 6.45) is 1.48. The molecule has 0 bridgehead atoms. The lowest BCUT2D eigenvalue weighted by molar-refractivity contribution is 0.0998. The van der Waals surface area contributed by atoms with Gasteiger partial charge in [0.05, 0.1) is 16.4 Å². The molecule has 1 aromatic carbocycles. The number of fused-ring (bicyclic) bond motifs is 1. The van der Waals surface area contributed by atoms with Gasteiger partial charge in [-0.05, 0) is 34.1 Å². The molecule has 0 fully saturated rings. The molecule has 1 amide bonds. The van der Waals surface area contributed by atoms with E-state index in [1.165, 1.54) is 6.20 Å². The molecule has 0 spiro atoms. The van der Waals surface area contributed by atoms with Gasteiger partial charge in [0.2, 0.25) is 0 Å².